The monoisotopic (exact) mass is 335 g/mol. The maximum absolute atomic E-state index is 11.2. The van der Waals surface area contributed by atoms with Gasteiger partial charge in [-0.25, -0.2) is 0 Å². The molecule has 1 heterocycles. The lowest BCUT2D eigenvalue weighted by Crippen LogP contribution is -2.64. The van der Waals surface area contributed by atoms with Gasteiger partial charge in [0.1, 0.15) is 24.4 Å². The van der Waals surface area contributed by atoms with Gasteiger partial charge in [0.25, 0.3) is 0 Å². The molecular weight excluding hydrogens is 310 g/mol. The van der Waals surface area contributed by atoms with Crippen LogP contribution in [0.4, 0.5) is 0 Å². The van der Waals surface area contributed by atoms with Crippen LogP contribution in [-0.4, -0.2) is 78.2 Å². The van der Waals surface area contributed by atoms with E-state index in [1.807, 2.05) is 0 Å². The summed E-state index contributed by atoms with van der Waals surface area (Å²) in [6.45, 7) is 0.997. The smallest absolute Gasteiger partial charge is 0.305 e. The molecule has 4 N–H and O–H groups in total. The highest BCUT2D eigenvalue weighted by Crippen LogP contribution is 2.22. The van der Waals surface area contributed by atoms with Gasteiger partial charge in [-0.1, -0.05) is 0 Å². The first-order valence-corrected chi connectivity index (χ1v) is 7.48. The van der Waals surface area contributed by atoms with Crippen molar-refractivity contribution in [3.05, 3.63) is 0 Å². The number of methoxy groups -OCH3 is 1. The SMILES string of the molecule is COC(=O)CCCCOC1OC(CO)C(O)C(O)C1NC(C)=O. The van der Waals surface area contributed by atoms with Gasteiger partial charge in [-0.2, -0.15) is 0 Å². The Bertz CT molecular complexity index is 391. The number of nitrogens with one attached hydrogen (secondary N) is 1. The van der Waals surface area contributed by atoms with Crippen LogP contribution in [0.3, 0.4) is 0 Å². The van der Waals surface area contributed by atoms with Gasteiger partial charge in [-0.3, -0.25) is 9.59 Å². The van der Waals surface area contributed by atoms with Crippen LogP contribution < -0.4 is 5.32 Å². The Hall–Kier alpha value is -1.26. The lowest BCUT2D eigenvalue weighted by atomic mass is 9.97. The van der Waals surface area contributed by atoms with E-state index in [1.54, 1.807) is 0 Å². The van der Waals surface area contributed by atoms with Crippen LogP contribution in [-0.2, 0) is 23.8 Å². The molecule has 0 aliphatic carbocycles. The highest BCUT2D eigenvalue weighted by molar-refractivity contribution is 5.73. The van der Waals surface area contributed by atoms with E-state index < -0.39 is 43.2 Å². The van der Waals surface area contributed by atoms with Crippen molar-refractivity contribution < 1.29 is 39.1 Å². The second kappa shape index (κ2) is 9.78. The summed E-state index contributed by atoms with van der Waals surface area (Å²) in [5, 5.41) is 31.6. The molecule has 0 aromatic carbocycles. The Morgan fingerprint density at radius 1 is 1.22 bits per heavy atom. The van der Waals surface area contributed by atoms with Gasteiger partial charge in [0.05, 0.1) is 13.7 Å². The Balaban J connectivity index is 2.53. The lowest BCUT2D eigenvalue weighted by molar-refractivity contribution is -0.270. The summed E-state index contributed by atoms with van der Waals surface area (Å²) >= 11 is 0. The van der Waals surface area contributed by atoms with E-state index in [-0.39, 0.29) is 19.0 Å². The van der Waals surface area contributed by atoms with Gasteiger partial charge < -0.3 is 34.8 Å². The van der Waals surface area contributed by atoms with E-state index in [0.29, 0.717) is 12.8 Å². The van der Waals surface area contributed by atoms with Crippen molar-refractivity contribution in [2.45, 2.75) is 56.8 Å². The minimum absolute atomic E-state index is 0.221. The van der Waals surface area contributed by atoms with Crippen LogP contribution in [0.2, 0.25) is 0 Å². The molecule has 1 amide bonds. The average Bonchev–Trinajstić information content (AvgIpc) is 2.52. The molecule has 23 heavy (non-hydrogen) atoms. The number of hydrogen-bond donors (Lipinski definition) is 4. The van der Waals surface area contributed by atoms with Crippen molar-refractivity contribution in [2.75, 3.05) is 20.3 Å². The van der Waals surface area contributed by atoms with Gasteiger partial charge in [0.15, 0.2) is 6.29 Å². The first-order valence-electron chi connectivity index (χ1n) is 7.48. The standard InChI is InChI=1S/C14H25NO8/c1-8(17)15-11-13(20)12(19)9(7-16)23-14(11)22-6-4-3-5-10(18)21-2/h9,11-14,16,19-20H,3-7H2,1-2H3,(H,15,17). The van der Waals surface area contributed by atoms with E-state index in [0.717, 1.165) is 0 Å². The molecule has 1 rings (SSSR count). The molecule has 0 bridgehead atoms. The number of esters is 1. The highest BCUT2D eigenvalue weighted by Gasteiger charge is 2.45. The highest BCUT2D eigenvalue weighted by atomic mass is 16.7. The number of carbonyl (C=O) groups excluding carboxylic acids is 2. The summed E-state index contributed by atoms with van der Waals surface area (Å²) in [4.78, 5) is 22.2. The van der Waals surface area contributed by atoms with E-state index in [4.69, 9.17) is 9.47 Å². The molecule has 134 valence electrons. The van der Waals surface area contributed by atoms with E-state index in [2.05, 4.69) is 10.1 Å². The number of amides is 1. The summed E-state index contributed by atoms with van der Waals surface area (Å²) in [7, 11) is 1.31. The fraction of sp³-hybridized carbons (Fsp3) is 0.857. The quantitative estimate of drug-likeness (QED) is 0.304. The van der Waals surface area contributed by atoms with Crippen molar-refractivity contribution in [3.63, 3.8) is 0 Å². The third-order valence-corrected chi connectivity index (χ3v) is 3.54. The number of rotatable bonds is 8. The van der Waals surface area contributed by atoms with E-state index >= 15 is 0 Å². The van der Waals surface area contributed by atoms with Crippen LogP contribution in [0.25, 0.3) is 0 Å². The number of unbranched alkanes of at least 4 members (excludes halogenated alkanes) is 1. The van der Waals surface area contributed by atoms with Gasteiger partial charge >= 0.3 is 5.97 Å². The second-order valence-electron chi connectivity index (χ2n) is 5.34. The molecular formula is C14H25NO8. The third-order valence-electron chi connectivity index (χ3n) is 3.54. The van der Waals surface area contributed by atoms with Crippen LogP contribution in [0.1, 0.15) is 26.2 Å². The van der Waals surface area contributed by atoms with Crippen LogP contribution in [0.5, 0.6) is 0 Å². The minimum atomic E-state index is -1.34. The molecule has 9 nitrogen and oxygen atoms in total. The molecule has 9 heteroatoms. The first-order chi connectivity index (χ1) is 10.9. The Labute approximate surface area is 134 Å². The Morgan fingerprint density at radius 3 is 2.48 bits per heavy atom. The molecule has 0 saturated carbocycles. The summed E-state index contributed by atoms with van der Waals surface area (Å²) in [6, 6.07) is -0.953. The first kappa shape index (κ1) is 19.8. The zero-order valence-electron chi connectivity index (χ0n) is 13.3. The predicted octanol–water partition coefficient (Wildman–Crippen LogP) is -1.71. The number of aliphatic hydroxyl groups excluding tert-OH is 3. The largest absolute Gasteiger partial charge is 0.469 e. The van der Waals surface area contributed by atoms with E-state index in [9.17, 15) is 24.9 Å². The Kier molecular flexibility index (Phi) is 8.42. The zero-order valence-corrected chi connectivity index (χ0v) is 13.3. The maximum atomic E-state index is 11.2. The van der Waals surface area contributed by atoms with Gasteiger partial charge in [-0.05, 0) is 12.8 Å². The normalized spacial score (nSPS) is 30.7. The fourth-order valence-corrected chi connectivity index (χ4v) is 2.29. The summed E-state index contributed by atoms with van der Waals surface area (Å²) in [5.74, 6) is -0.722. The molecule has 0 aromatic heterocycles. The van der Waals surface area contributed by atoms with E-state index in [1.165, 1.54) is 14.0 Å². The molecule has 0 aromatic rings. The average molecular weight is 335 g/mol. The lowest BCUT2D eigenvalue weighted by Gasteiger charge is -2.42. The molecule has 1 aliphatic rings. The van der Waals surface area contributed by atoms with Crippen molar-refractivity contribution in [2.24, 2.45) is 0 Å². The fourth-order valence-electron chi connectivity index (χ4n) is 2.29. The number of carbonyl (C=O) groups is 2. The number of hydrogen-bond acceptors (Lipinski definition) is 8. The van der Waals surface area contributed by atoms with Gasteiger partial charge in [0, 0.05) is 20.0 Å². The van der Waals surface area contributed by atoms with Crippen molar-refractivity contribution in [3.8, 4) is 0 Å². The summed E-state index contributed by atoms with van der Waals surface area (Å²) < 4.78 is 15.4. The predicted molar refractivity (Wildman–Crippen MR) is 77.2 cm³/mol. The van der Waals surface area contributed by atoms with Gasteiger partial charge in [0.2, 0.25) is 5.91 Å². The topological polar surface area (TPSA) is 135 Å². The van der Waals surface area contributed by atoms with Gasteiger partial charge in [-0.15, -0.1) is 0 Å². The van der Waals surface area contributed by atoms with Crippen LogP contribution in [0.15, 0.2) is 0 Å². The summed E-state index contributed by atoms with van der Waals surface area (Å²) in [6.07, 6.45) is -3.31. The molecule has 5 atom stereocenters. The van der Waals surface area contributed by atoms with Crippen molar-refractivity contribution >= 4 is 11.9 Å². The zero-order chi connectivity index (χ0) is 17.4. The van der Waals surface area contributed by atoms with Crippen LogP contribution >= 0.6 is 0 Å². The summed E-state index contributed by atoms with van der Waals surface area (Å²) in [5.41, 5.74) is 0. The van der Waals surface area contributed by atoms with Crippen molar-refractivity contribution in [1.29, 1.82) is 0 Å². The molecule has 5 unspecified atom stereocenters. The Morgan fingerprint density at radius 2 is 1.91 bits per heavy atom. The maximum Gasteiger partial charge on any atom is 0.305 e. The number of aliphatic hydroxyl groups is 3. The van der Waals surface area contributed by atoms with Crippen molar-refractivity contribution in [1.82, 2.24) is 5.32 Å². The third kappa shape index (κ3) is 6.04. The molecule has 1 fully saturated rings. The second-order valence-corrected chi connectivity index (χ2v) is 5.34. The number of ether oxygens (including phenoxy) is 3. The minimum Gasteiger partial charge on any atom is -0.469 e. The van der Waals surface area contributed by atoms with Crippen LogP contribution in [0, 0.1) is 0 Å². The molecule has 1 aliphatic heterocycles. The molecule has 0 radical (unpaired) electrons. The molecule has 1 saturated heterocycles. The molecule has 0 spiro atoms.